The molecule has 1 rings (SSSR count). The number of hydrogen-bond donors (Lipinski definition) is 1. The summed E-state index contributed by atoms with van der Waals surface area (Å²) in [6.07, 6.45) is 0. The molecule has 0 atom stereocenters. The van der Waals surface area contributed by atoms with Crippen molar-refractivity contribution in [2.75, 3.05) is 0 Å². The Hall–Kier alpha value is 0.440. The van der Waals surface area contributed by atoms with E-state index in [2.05, 4.69) is 0 Å². The van der Waals surface area contributed by atoms with Gasteiger partial charge in [-0.25, -0.2) is 0 Å². The third-order valence-corrected chi connectivity index (χ3v) is 1.03. The topological polar surface area (TPSA) is 20.2 Å². The van der Waals surface area contributed by atoms with E-state index in [-0.39, 0.29) is 44.3 Å². The molecule has 9 heavy (non-hydrogen) atoms. The number of hydrogen-bond acceptors (Lipinski definition) is 1. The first kappa shape index (κ1) is 9.44. The Morgan fingerprint density at radius 1 is 1.11 bits per heavy atom. The molecule has 2 radical (unpaired) electrons. The predicted octanol–water partition coefficient (Wildman–Crippen LogP) is 0.798. The Morgan fingerprint density at radius 2 is 1.67 bits per heavy atom. The summed E-state index contributed by atoms with van der Waals surface area (Å²) in [5, 5.41) is 8.54. The Kier molecular flexibility index (Phi) is 5.50. The van der Waals surface area contributed by atoms with Gasteiger partial charge in [0.15, 0.2) is 0 Å². The van der Waals surface area contributed by atoms with Gasteiger partial charge >= 0.3 is 0 Å². The van der Waals surface area contributed by atoms with Gasteiger partial charge in [0.05, 0.1) is 6.61 Å². The summed E-state index contributed by atoms with van der Waals surface area (Å²) >= 11 is 0. The summed E-state index contributed by atoms with van der Waals surface area (Å²) < 4.78 is 0. The van der Waals surface area contributed by atoms with Gasteiger partial charge in [-0.15, -0.1) is 0 Å². The van der Waals surface area contributed by atoms with E-state index in [1.807, 2.05) is 30.3 Å². The first-order valence-electron chi connectivity index (χ1n) is 2.58. The van der Waals surface area contributed by atoms with Crippen molar-refractivity contribution in [1.29, 1.82) is 0 Å². The molecule has 1 N–H and O–H groups in total. The molecule has 0 aliphatic carbocycles. The van der Waals surface area contributed by atoms with Crippen LogP contribution in [0.15, 0.2) is 30.3 Å². The molecule has 0 aliphatic rings. The van der Waals surface area contributed by atoms with Gasteiger partial charge in [0.2, 0.25) is 0 Å². The molecule has 0 aromatic heterocycles. The van der Waals surface area contributed by atoms with Gasteiger partial charge in [0.25, 0.3) is 0 Å². The first-order valence-corrected chi connectivity index (χ1v) is 2.58. The largest absolute Gasteiger partial charge is 0.392 e. The number of aliphatic hydroxyl groups excluding tert-OH is 1. The second kappa shape index (κ2) is 5.24. The maximum Gasteiger partial charge on any atom is 0.0681 e. The molecule has 0 saturated heterocycles. The molecule has 0 aliphatic heterocycles. The molecule has 0 bridgehead atoms. The van der Waals surface area contributed by atoms with E-state index in [9.17, 15) is 0 Å². The molecule has 2 heteroatoms. The van der Waals surface area contributed by atoms with Gasteiger partial charge in [0, 0.05) is 37.7 Å². The minimum atomic E-state index is 0. The minimum Gasteiger partial charge on any atom is -0.392 e. The predicted molar refractivity (Wildman–Crippen MR) is 38.1 cm³/mol. The van der Waals surface area contributed by atoms with Gasteiger partial charge < -0.3 is 5.11 Å². The fourth-order valence-corrected chi connectivity index (χ4v) is 0.583. The van der Waals surface area contributed by atoms with Crippen molar-refractivity contribution < 1.29 is 5.11 Å². The monoisotopic (exact) mass is 148 g/mol. The van der Waals surface area contributed by atoms with Crippen molar-refractivity contribution in [3.05, 3.63) is 35.9 Å². The molecule has 0 amide bonds. The van der Waals surface area contributed by atoms with Gasteiger partial charge in [-0.1, -0.05) is 30.3 Å². The van der Waals surface area contributed by atoms with Crippen molar-refractivity contribution in [3.63, 3.8) is 0 Å². The fourth-order valence-electron chi connectivity index (χ4n) is 0.583. The van der Waals surface area contributed by atoms with Crippen molar-refractivity contribution in [1.82, 2.24) is 0 Å². The molecule has 1 nitrogen and oxygen atoms in total. The van der Waals surface area contributed by atoms with Crippen LogP contribution in [0, 0.1) is 0 Å². The van der Waals surface area contributed by atoms with Crippen LogP contribution in [0.3, 0.4) is 0 Å². The zero-order chi connectivity index (χ0) is 5.82. The van der Waals surface area contributed by atoms with E-state index < -0.39 is 0 Å². The second-order valence-electron chi connectivity index (χ2n) is 1.64. The summed E-state index contributed by atoms with van der Waals surface area (Å²) in [5.74, 6) is 0. The third-order valence-electron chi connectivity index (χ3n) is 1.03. The van der Waals surface area contributed by atoms with Crippen molar-refractivity contribution >= 4 is 37.7 Å². The van der Waals surface area contributed by atoms with Gasteiger partial charge in [-0.05, 0) is 5.56 Å². The van der Waals surface area contributed by atoms with Crippen LogP contribution >= 0.6 is 0 Å². The summed E-state index contributed by atoms with van der Waals surface area (Å²) in [4.78, 5) is 0. The van der Waals surface area contributed by atoms with E-state index in [4.69, 9.17) is 5.11 Å². The van der Waals surface area contributed by atoms with Crippen LogP contribution in [0.5, 0.6) is 0 Å². The van der Waals surface area contributed by atoms with Crippen molar-refractivity contribution in [3.8, 4) is 0 Å². The molecule has 0 spiro atoms. The molecule has 0 unspecified atom stereocenters. The van der Waals surface area contributed by atoms with E-state index in [0.717, 1.165) is 5.56 Å². The van der Waals surface area contributed by atoms with E-state index in [0.29, 0.717) is 0 Å². The summed E-state index contributed by atoms with van der Waals surface area (Å²) in [5.41, 5.74) is 0.965. The van der Waals surface area contributed by atoms with Crippen LogP contribution in [0.2, 0.25) is 0 Å². The summed E-state index contributed by atoms with van der Waals surface area (Å²) in [6, 6.07) is 9.52. The zero-order valence-electron chi connectivity index (χ0n) is 5.25. The van der Waals surface area contributed by atoms with Crippen LogP contribution in [0.1, 0.15) is 5.56 Å². The Bertz CT molecular complexity index is 150. The fraction of sp³-hybridized carbons (Fsp3) is 0.143. The summed E-state index contributed by atoms with van der Waals surface area (Å²) in [6.45, 7) is 0.140. The number of aliphatic hydroxyl groups is 1. The molecule has 0 fully saturated rings. The normalized spacial score (nSPS) is 8.11. The second-order valence-corrected chi connectivity index (χ2v) is 1.64. The Morgan fingerprint density at radius 3 is 2.00 bits per heavy atom. The SMILES string of the molecule is OCc1ccccc1.[Ca]. The maximum absolute atomic E-state index is 8.54. The van der Waals surface area contributed by atoms with E-state index >= 15 is 0 Å². The van der Waals surface area contributed by atoms with Crippen LogP contribution in [-0.4, -0.2) is 42.8 Å². The zero-order valence-corrected chi connectivity index (χ0v) is 7.46. The first-order chi connectivity index (χ1) is 3.93. The average Bonchev–Trinajstić information content (AvgIpc) is 1.90. The molecule has 44 valence electrons. The van der Waals surface area contributed by atoms with Crippen LogP contribution in [-0.2, 0) is 6.61 Å². The van der Waals surface area contributed by atoms with Crippen LogP contribution in [0.4, 0.5) is 0 Å². The summed E-state index contributed by atoms with van der Waals surface area (Å²) in [7, 11) is 0. The maximum atomic E-state index is 8.54. The Labute approximate surface area is 84.7 Å². The quantitative estimate of drug-likeness (QED) is 0.584. The minimum absolute atomic E-state index is 0. The van der Waals surface area contributed by atoms with Gasteiger partial charge in [0.1, 0.15) is 0 Å². The third kappa shape index (κ3) is 3.21. The van der Waals surface area contributed by atoms with Crippen molar-refractivity contribution in [2.45, 2.75) is 6.61 Å². The smallest absolute Gasteiger partial charge is 0.0681 e. The number of benzene rings is 1. The number of rotatable bonds is 1. The standard InChI is InChI=1S/C7H8O.Ca/c8-6-7-4-2-1-3-5-7;/h1-5,8H,6H2;. The average molecular weight is 148 g/mol. The molecule has 0 saturated carbocycles. The molecular weight excluding hydrogens is 140 g/mol. The van der Waals surface area contributed by atoms with Gasteiger partial charge in [-0.3, -0.25) is 0 Å². The van der Waals surface area contributed by atoms with E-state index in [1.54, 1.807) is 0 Å². The van der Waals surface area contributed by atoms with Gasteiger partial charge in [-0.2, -0.15) is 0 Å². The van der Waals surface area contributed by atoms with Crippen LogP contribution < -0.4 is 0 Å². The Balaban J connectivity index is 0.000000640. The molecule has 1 aromatic carbocycles. The van der Waals surface area contributed by atoms with E-state index in [1.165, 1.54) is 0 Å². The van der Waals surface area contributed by atoms with Crippen molar-refractivity contribution in [2.24, 2.45) is 0 Å². The van der Waals surface area contributed by atoms with Crippen LogP contribution in [0.25, 0.3) is 0 Å². The molecule has 0 heterocycles. The molecular formula is C7H8CaO. The molecule has 1 aromatic rings.